The van der Waals surface area contributed by atoms with Crippen LogP contribution in [0.15, 0.2) is 23.0 Å². The Balaban J connectivity index is 1.32. The van der Waals surface area contributed by atoms with Crippen molar-refractivity contribution in [3.8, 4) is 5.75 Å². The van der Waals surface area contributed by atoms with E-state index in [4.69, 9.17) is 4.74 Å². The second kappa shape index (κ2) is 9.64. The van der Waals surface area contributed by atoms with Crippen molar-refractivity contribution in [3.63, 3.8) is 0 Å². The summed E-state index contributed by atoms with van der Waals surface area (Å²) in [6.07, 6.45) is -3.88. The third-order valence-corrected chi connectivity index (χ3v) is 5.18. The van der Waals surface area contributed by atoms with E-state index in [9.17, 15) is 23.1 Å². The van der Waals surface area contributed by atoms with Crippen molar-refractivity contribution in [3.05, 3.63) is 28.7 Å². The molecular weight excluding hydrogens is 389 g/mol. The maximum Gasteiger partial charge on any atom is 0.390 e. The Morgan fingerprint density at radius 2 is 2.03 bits per heavy atom. The molecule has 4 N–H and O–H groups in total. The molecule has 3 rings (SSSR count). The van der Waals surface area contributed by atoms with Crippen LogP contribution in [0.2, 0.25) is 0 Å². The van der Waals surface area contributed by atoms with Crippen LogP contribution in [-0.2, 0) is 0 Å². The van der Waals surface area contributed by atoms with Gasteiger partial charge in [-0.3, -0.25) is 0 Å². The molecule has 7 nitrogen and oxygen atoms in total. The number of alkyl halides is 3. The van der Waals surface area contributed by atoms with Crippen molar-refractivity contribution in [1.29, 1.82) is 0 Å². The zero-order chi connectivity index (χ0) is 20.9. The molecule has 162 valence electrons. The number of aromatic nitrogens is 2. The molecule has 10 heteroatoms. The first kappa shape index (κ1) is 21.7. The molecule has 0 saturated carbocycles. The van der Waals surface area contributed by atoms with E-state index in [0.717, 1.165) is 12.8 Å². The van der Waals surface area contributed by atoms with E-state index >= 15 is 0 Å². The zero-order valence-electron chi connectivity index (χ0n) is 16.1. The molecule has 1 atom stereocenters. The molecule has 1 aromatic carbocycles. The fourth-order valence-electron chi connectivity index (χ4n) is 3.55. The lowest BCUT2D eigenvalue weighted by molar-refractivity contribution is -0.138. The van der Waals surface area contributed by atoms with E-state index in [1.54, 1.807) is 18.2 Å². The van der Waals surface area contributed by atoms with E-state index in [-0.39, 0.29) is 18.8 Å². The lowest BCUT2D eigenvalue weighted by atomic mass is 9.96. The van der Waals surface area contributed by atoms with Crippen LogP contribution in [0.1, 0.15) is 19.3 Å². The van der Waals surface area contributed by atoms with Gasteiger partial charge in [0.05, 0.1) is 11.9 Å². The van der Waals surface area contributed by atoms with Gasteiger partial charge in [-0.2, -0.15) is 13.2 Å². The van der Waals surface area contributed by atoms with Gasteiger partial charge in [0.1, 0.15) is 24.0 Å². The molecule has 1 aliphatic heterocycles. The van der Waals surface area contributed by atoms with E-state index in [0.29, 0.717) is 48.9 Å². The van der Waals surface area contributed by atoms with Crippen LogP contribution < -0.4 is 15.7 Å². The van der Waals surface area contributed by atoms with Gasteiger partial charge in [0.2, 0.25) is 0 Å². The smallest absolute Gasteiger partial charge is 0.390 e. The average Bonchev–Trinajstić information content (AvgIpc) is 3.06. The van der Waals surface area contributed by atoms with E-state index < -0.39 is 18.7 Å². The lowest BCUT2D eigenvalue weighted by Crippen LogP contribution is -2.40. The number of nitrogens with zero attached hydrogens (tertiary/aromatic N) is 1. The first-order chi connectivity index (χ1) is 13.8. The molecule has 29 heavy (non-hydrogen) atoms. The van der Waals surface area contributed by atoms with Crippen LogP contribution >= 0.6 is 0 Å². The molecule has 0 radical (unpaired) electrons. The summed E-state index contributed by atoms with van der Waals surface area (Å²) in [5.41, 5.74) is 0.888. The highest BCUT2D eigenvalue weighted by molar-refractivity contribution is 5.80. The van der Waals surface area contributed by atoms with Crippen molar-refractivity contribution >= 4 is 11.0 Å². The lowest BCUT2D eigenvalue weighted by Gasteiger charge is -2.32. The molecule has 0 unspecified atom stereocenters. The van der Waals surface area contributed by atoms with E-state index in [1.807, 2.05) is 4.90 Å². The molecule has 1 saturated heterocycles. The molecule has 0 amide bonds. The summed E-state index contributed by atoms with van der Waals surface area (Å²) < 4.78 is 42.5. The largest absolute Gasteiger partial charge is 0.489 e. The van der Waals surface area contributed by atoms with Crippen LogP contribution in [0.25, 0.3) is 11.0 Å². The Labute approximate surface area is 166 Å². The maximum atomic E-state index is 12.3. The number of imidazole rings is 1. The topological polar surface area (TPSA) is 93.4 Å². The van der Waals surface area contributed by atoms with Gasteiger partial charge >= 0.3 is 11.9 Å². The predicted octanol–water partition coefficient (Wildman–Crippen LogP) is 1.85. The summed E-state index contributed by atoms with van der Waals surface area (Å²) in [5.74, 6) is 0.884. The average molecular weight is 416 g/mol. The number of benzene rings is 1. The van der Waals surface area contributed by atoms with Crippen LogP contribution in [0.4, 0.5) is 13.2 Å². The number of ether oxygens (including phenoxy) is 1. The number of aliphatic hydroxyl groups is 1. The Morgan fingerprint density at radius 3 is 2.76 bits per heavy atom. The Hall–Kier alpha value is -2.04. The van der Waals surface area contributed by atoms with Crippen molar-refractivity contribution < 1.29 is 23.0 Å². The first-order valence-corrected chi connectivity index (χ1v) is 9.82. The number of piperidine rings is 1. The van der Waals surface area contributed by atoms with Gasteiger partial charge in [-0.25, -0.2) is 4.79 Å². The third kappa shape index (κ3) is 6.76. The van der Waals surface area contributed by atoms with Crippen LogP contribution in [0.5, 0.6) is 5.75 Å². The minimum absolute atomic E-state index is 0.0683. The molecule has 1 aliphatic rings. The minimum atomic E-state index is -4.10. The zero-order valence-corrected chi connectivity index (χ0v) is 16.1. The van der Waals surface area contributed by atoms with Gasteiger partial charge in [-0.05, 0) is 50.5 Å². The fourth-order valence-corrected chi connectivity index (χ4v) is 3.55. The van der Waals surface area contributed by atoms with Crippen molar-refractivity contribution in [1.82, 2.24) is 20.2 Å². The fraction of sp³-hybridized carbons (Fsp3) is 0.632. The SMILES string of the molecule is O=c1[nH]c2cccc(OC[C@H](O)CNCC3CCN(CCC(F)(F)F)CC3)c2[nH]1. The number of rotatable bonds is 9. The molecule has 2 aromatic rings. The summed E-state index contributed by atoms with van der Waals surface area (Å²) in [6.45, 7) is 2.56. The van der Waals surface area contributed by atoms with Gasteiger partial charge in [-0.1, -0.05) is 6.07 Å². The van der Waals surface area contributed by atoms with Crippen molar-refractivity contribution in [2.24, 2.45) is 5.92 Å². The number of fused-ring (bicyclic) bond motifs is 1. The Kier molecular flexibility index (Phi) is 7.20. The summed E-state index contributed by atoms with van der Waals surface area (Å²) >= 11 is 0. The Morgan fingerprint density at radius 1 is 1.28 bits per heavy atom. The highest BCUT2D eigenvalue weighted by atomic mass is 19.4. The second-order valence-electron chi connectivity index (χ2n) is 7.53. The molecule has 0 bridgehead atoms. The summed E-state index contributed by atoms with van der Waals surface area (Å²) in [7, 11) is 0. The van der Waals surface area contributed by atoms with Gasteiger partial charge < -0.3 is 30.0 Å². The number of para-hydroxylation sites is 1. The van der Waals surface area contributed by atoms with Crippen LogP contribution in [-0.4, -0.2) is 71.6 Å². The third-order valence-electron chi connectivity index (χ3n) is 5.18. The number of aromatic amines is 2. The number of nitrogens with one attached hydrogen (secondary N) is 3. The molecule has 0 spiro atoms. The summed E-state index contributed by atoms with van der Waals surface area (Å²) in [4.78, 5) is 18.6. The molecule has 1 aromatic heterocycles. The number of likely N-dealkylation sites (tertiary alicyclic amines) is 1. The van der Waals surface area contributed by atoms with E-state index in [2.05, 4.69) is 15.3 Å². The van der Waals surface area contributed by atoms with Crippen molar-refractivity contribution in [2.45, 2.75) is 31.5 Å². The number of hydrogen-bond donors (Lipinski definition) is 4. The monoisotopic (exact) mass is 416 g/mol. The standard InChI is InChI=1S/C19H27F3N4O3/c20-19(21,22)6-9-26-7-4-13(5-8-26)10-23-11-14(27)12-29-16-3-1-2-15-17(16)25-18(28)24-15/h1-3,13-14,23,27H,4-12H2,(H2,24,25,28)/t14-/m1/s1. The Bertz CT molecular complexity index is 828. The number of halogens is 3. The van der Waals surface area contributed by atoms with Gasteiger partial charge in [0.15, 0.2) is 0 Å². The molecule has 2 heterocycles. The quantitative estimate of drug-likeness (QED) is 0.501. The second-order valence-corrected chi connectivity index (χ2v) is 7.53. The maximum absolute atomic E-state index is 12.3. The predicted molar refractivity (Wildman–Crippen MR) is 103 cm³/mol. The van der Waals surface area contributed by atoms with Gasteiger partial charge in [0.25, 0.3) is 0 Å². The number of hydrogen-bond acceptors (Lipinski definition) is 5. The summed E-state index contributed by atoms with van der Waals surface area (Å²) in [6, 6.07) is 5.23. The first-order valence-electron chi connectivity index (χ1n) is 9.82. The molecular formula is C19H27F3N4O3. The van der Waals surface area contributed by atoms with E-state index in [1.165, 1.54) is 0 Å². The normalized spacial score (nSPS) is 17.7. The highest BCUT2D eigenvalue weighted by Gasteiger charge is 2.29. The van der Waals surface area contributed by atoms with Crippen molar-refractivity contribution in [2.75, 3.05) is 39.3 Å². The molecule has 0 aliphatic carbocycles. The number of aliphatic hydroxyl groups excluding tert-OH is 1. The molecule has 1 fully saturated rings. The minimum Gasteiger partial charge on any atom is -0.489 e. The van der Waals surface area contributed by atoms with Crippen LogP contribution in [0.3, 0.4) is 0 Å². The number of H-pyrrole nitrogens is 2. The van der Waals surface area contributed by atoms with Gasteiger partial charge in [-0.15, -0.1) is 0 Å². The van der Waals surface area contributed by atoms with Gasteiger partial charge in [0, 0.05) is 13.1 Å². The van der Waals surface area contributed by atoms with Crippen LogP contribution in [0, 0.1) is 5.92 Å². The summed E-state index contributed by atoms with van der Waals surface area (Å²) in [5, 5.41) is 13.3. The highest BCUT2D eigenvalue weighted by Crippen LogP contribution is 2.23.